The number of hydrogen-bond donors (Lipinski definition) is 1. The second-order valence-corrected chi connectivity index (χ2v) is 5.75. The van der Waals surface area contributed by atoms with Crippen LogP contribution >= 0.6 is 15.9 Å². The largest absolute Gasteiger partial charge is 0.439 e. The summed E-state index contributed by atoms with van der Waals surface area (Å²) in [6.07, 6.45) is 2.49. The van der Waals surface area contributed by atoms with Crippen LogP contribution in [0.4, 0.5) is 4.39 Å². The van der Waals surface area contributed by atoms with Crippen molar-refractivity contribution in [3.63, 3.8) is 0 Å². The van der Waals surface area contributed by atoms with Crippen LogP contribution in [0.1, 0.15) is 18.5 Å². The van der Waals surface area contributed by atoms with Gasteiger partial charge in [0.15, 0.2) is 0 Å². The first-order valence-corrected chi connectivity index (χ1v) is 7.31. The first-order chi connectivity index (χ1) is 9.69. The number of rotatable bonds is 5. The number of nitrogens with one attached hydrogen (secondary N) is 1. The van der Waals surface area contributed by atoms with Crippen molar-refractivity contribution >= 4 is 15.9 Å². The lowest BCUT2D eigenvalue weighted by Crippen LogP contribution is -2.16. The standard InChI is InChI=1S/C15H14BrFN2O/c16-10-6-11(17)8-14(7-10)20-15-3-1-2-13(19-15)9-18-12-4-5-12/h1-3,6-8,12,18H,4-5,9H2. The molecule has 0 unspecified atom stereocenters. The molecule has 0 bridgehead atoms. The molecule has 5 heteroatoms. The molecule has 104 valence electrons. The summed E-state index contributed by atoms with van der Waals surface area (Å²) in [5.74, 6) is 0.551. The van der Waals surface area contributed by atoms with E-state index in [2.05, 4.69) is 26.2 Å². The van der Waals surface area contributed by atoms with Gasteiger partial charge in [0.1, 0.15) is 11.6 Å². The van der Waals surface area contributed by atoms with Crippen molar-refractivity contribution in [2.24, 2.45) is 0 Å². The summed E-state index contributed by atoms with van der Waals surface area (Å²) in [6.45, 7) is 0.731. The second-order valence-electron chi connectivity index (χ2n) is 4.83. The predicted molar refractivity (Wildman–Crippen MR) is 78.3 cm³/mol. The van der Waals surface area contributed by atoms with Crippen molar-refractivity contribution in [3.05, 3.63) is 52.4 Å². The van der Waals surface area contributed by atoms with Crippen molar-refractivity contribution in [2.75, 3.05) is 0 Å². The first-order valence-electron chi connectivity index (χ1n) is 6.52. The second kappa shape index (κ2) is 5.89. The highest BCUT2D eigenvalue weighted by atomic mass is 79.9. The van der Waals surface area contributed by atoms with Gasteiger partial charge in [0, 0.05) is 29.2 Å². The third-order valence-corrected chi connectivity index (χ3v) is 3.45. The molecule has 3 rings (SSSR count). The molecular formula is C15H14BrFN2O. The van der Waals surface area contributed by atoms with Crippen LogP contribution in [0, 0.1) is 5.82 Å². The van der Waals surface area contributed by atoms with Gasteiger partial charge in [-0.05, 0) is 31.0 Å². The summed E-state index contributed by atoms with van der Waals surface area (Å²) < 4.78 is 19.5. The van der Waals surface area contributed by atoms with E-state index in [0.717, 1.165) is 12.2 Å². The van der Waals surface area contributed by atoms with Gasteiger partial charge in [-0.15, -0.1) is 0 Å². The number of benzene rings is 1. The maximum atomic E-state index is 13.3. The summed E-state index contributed by atoms with van der Waals surface area (Å²) in [5.41, 5.74) is 0.921. The fraction of sp³-hybridized carbons (Fsp3) is 0.267. The van der Waals surface area contributed by atoms with E-state index >= 15 is 0 Å². The van der Waals surface area contributed by atoms with Gasteiger partial charge in [-0.2, -0.15) is 0 Å². The van der Waals surface area contributed by atoms with E-state index in [4.69, 9.17) is 4.74 Å². The van der Waals surface area contributed by atoms with Gasteiger partial charge in [0.25, 0.3) is 0 Å². The Morgan fingerprint density at radius 2 is 2.15 bits per heavy atom. The number of nitrogens with zero attached hydrogens (tertiary/aromatic N) is 1. The van der Waals surface area contributed by atoms with Crippen LogP contribution in [-0.2, 0) is 6.54 Å². The van der Waals surface area contributed by atoms with Gasteiger partial charge in [0.05, 0.1) is 5.69 Å². The monoisotopic (exact) mass is 336 g/mol. The zero-order valence-electron chi connectivity index (χ0n) is 10.8. The van der Waals surface area contributed by atoms with Crippen LogP contribution in [0.15, 0.2) is 40.9 Å². The molecule has 1 aliphatic rings. The Labute approximate surface area is 125 Å². The minimum Gasteiger partial charge on any atom is -0.439 e. The van der Waals surface area contributed by atoms with Crippen LogP contribution in [0.3, 0.4) is 0 Å². The smallest absolute Gasteiger partial charge is 0.219 e. The molecule has 0 aliphatic heterocycles. The number of hydrogen-bond acceptors (Lipinski definition) is 3. The Hall–Kier alpha value is -1.46. The number of halogens is 2. The summed E-state index contributed by atoms with van der Waals surface area (Å²) >= 11 is 3.24. The highest BCUT2D eigenvalue weighted by Gasteiger charge is 2.20. The average Bonchev–Trinajstić information content (AvgIpc) is 3.19. The third-order valence-electron chi connectivity index (χ3n) is 2.99. The maximum absolute atomic E-state index is 13.3. The van der Waals surface area contributed by atoms with E-state index in [9.17, 15) is 4.39 Å². The van der Waals surface area contributed by atoms with E-state index in [1.165, 1.54) is 25.0 Å². The predicted octanol–water partition coefficient (Wildman–Crippen LogP) is 4.03. The lowest BCUT2D eigenvalue weighted by molar-refractivity contribution is 0.454. The lowest BCUT2D eigenvalue weighted by atomic mass is 10.3. The van der Waals surface area contributed by atoms with Crippen LogP contribution in [0.25, 0.3) is 0 Å². The molecule has 1 N–H and O–H groups in total. The average molecular weight is 337 g/mol. The van der Waals surface area contributed by atoms with E-state index in [1.54, 1.807) is 12.1 Å². The van der Waals surface area contributed by atoms with Crippen LogP contribution < -0.4 is 10.1 Å². The number of ether oxygens (including phenoxy) is 1. The highest BCUT2D eigenvalue weighted by Crippen LogP contribution is 2.25. The fourth-order valence-corrected chi connectivity index (χ4v) is 2.30. The van der Waals surface area contributed by atoms with Crippen LogP contribution in [-0.4, -0.2) is 11.0 Å². The van der Waals surface area contributed by atoms with Gasteiger partial charge in [-0.1, -0.05) is 22.0 Å². The molecule has 0 radical (unpaired) electrons. The van der Waals surface area contributed by atoms with Gasteiger partial charge < -0.3 is 10.1 Å². The molecular weight excluding hydrogens is 323 g/mol. The minimum absolute atomic E-state index is 0.346. The molecule has 1 saturated carbocycles. The topological polar surface area (TPSA) is 34.1 Å². The van der Waals surface area contributed by atoms with Crippen molar-refractivity contribution in [1.29, 1.82) is 0 Å². The zero-order chi connectivity index (χ0) is 13.9. The molecule has 1 heterocycles. The molecule has 0 amide bonds. The quantitative estimate of drug-likeness (QED) is 0.895. The Kier molecular flexibility index (Phi) is 3.98. The Balaban J connectivity index is 1.70. The van der Waals surface area contributed by atoms with Crippen molar-refractivity contribution in [3.8, 4) is 11.6 Å². The Bertz CT molecular complexity index is 596. The van der Waals surface area contributed by atoms with Gasteiger partial charge in [-0.3, -0.25) is 0 Å². The molecule has 2 aromatic rings. The van der Waals surface area contributed by atoms with Crippen molar-refractivity contribution in [2.45, 2.75) is 25.4 Å². The van der Waals surface area contributed by atoms with Crippen LogP contribution in [0.5, 0.6) is 11.6 Å². The third kappa shape index (κ3) is 3.77. The van der Waals surface area contributed by atoms with E-state index in [1.807, 2.05) is 12.1 Å². The molecule has 0 spiro atoms. The van der Waals surface area contributed by atoms with Gasteiger partial charge >= 0.3 is 0 Å². The first kappa shape index (κ1) is 13.5. The summed E-state index contributed by atoms with van der Waals surface area (Å²) in [6, 6.07) is 10.7. The molecule has 20 heavy (non-hydrogen) atoms. The summed E-state index contributed by atoms with van der Waals surface area (Å²) in [7, 11) is 0. The molecule has 0 atom stereocenters. The Morgan fingerprint density at radius 1 is 1.30 bits per heavy atom. The van der Waals surface area contributed by atoms with Crippen LogP contribution in [0.2, 0.25) is 0 Å². The summed E-state index contributed by atoms with van der Waals surface area (Å²) in [5, 5.41) is 3.40. The number of pyridine rings is 1. The van der Waals surface area contributed by atoms with Crippen molar-refractivity contribution in [1.82, 2.24) is 10.3 Å². The van der Waals surface area contributed by atoms with E-state index in [0.29, 0.717) is 22.1 Å². The lowest BCUT2D eigenvalue weighted by Gasteiger charge is -2.08. The molecule has 0 saturated heterocycles. The fourth-order valence-electron chi connectivity index (χ4n) is 1.86. The normalized spacial score (nSPS) is 14.3. The molecule has 1 fully saturated rings. The minimum atomic E-state index is -0.346. The zero-order valence-corrected chi connectivity index (χ0v) is 12.4. The van der Waals surface area contributed by atoms with Crippen molar-refractivity contribution < 1.29 is 9.13 Å². The highest BCUT2D eigenvalue weighted by molar-refractivity contribution is 9.10. The van der Waals surface area contributed by atoms with E-state index in [-0.39, 0.29) is 5.82 Å². The molecule has 3 nitrogen and oxygen atoms in total. The molecule has 1 aromatic heterocycles. The van der Waals surface area contributed by atoms with Gasteiger partial charge in [0.2, 0.25) is 5.88 Å². The SMILES string of the molecule is Fc1cc(Br)cc(Oc2cccc(CNC3CC3)n2)c1. The maximum Gasteiger partial charge on any atom is 0.219 e. The van der Waals surface area contributed by atoms with Gasteiger partial charge in [-0.25, -0.2) is 9.37 Å². The molecule has 1 aliphatic carbocycles. The van der Waals surface area contributed by atoms with E-state index < -0.39 is 0 Å². The molecule has 1 aromatic carbocycles. The summed E-state index contributed by atoms with van der Waals surface area (Å²) in [4.78, 5) is 4.40. The number of aromatic nitrogens is 1. The Morgan fingerprint density at radius 3 is 2.90 bits per heavy atom.